The van der Waals surface area contributed by atoms with E-state index in [4.69, 9.17) is 4.74 Å². The summed E-state index contributed by atoms with van der Waals surface area (Å²) in [6, 6.07) is 21.3. The molecule has 0 bridgehead atoms. The maximum Gasteiger partial charge on any atom is 0.135 e. The average Bonchev–Trinajstić information content (AvgIpc) is 3.88. The Morgan fingerprint density at radius 3 is 2.29 bits per heavy atom. The molecule has 5 aromatic rings. The van der Waals surface area contributed by atoms with Gasteiger partial charge in [-0.25, -0.2) is 0 Å². The Morgan fingerprint density at radius 1 is 0.773 bits per heavy atom. The first-order valence-electron chi connectivity index (χ1n) is 25.4. The van der Waals surface area contributed by atoms with Gasteiger partial charge in [-0.3, -0.25) is 4.57 Å². The summed E-state index contributed by atoms with van der Waals surface area (Å²) in [6.45, 7) is 29.1. The zero-order chi connectivity index (χ0) is 46.3. The van der Waals surface area contributed by atoms with Crippen molar-refractivity contribution in [3.05, 3.63) is 154 Å². The Kier molecular flexibility index (Phi) is 9.78. The lowest BCUT2D eigenvalue weighted by atomic mass is 9.59. The molecule has 4 atom stereocenters. The number of anilines is 1. The predicted octanol–water partition coefficient (Wildman–Crippen LogP) is 17.1. The Balaban J connectivity index is 1.21. The summed E-state index contributed by atoms with van der Waals surface area (Å²) < 4.78 is 12.6. The van der Waals surface area contributed by atoms with Crippen LogP contribution in [0.4, 0.5) is 5.69 Å². The predicted molar refractivity (Wildman–Crippen MR) is 278 cm³/mol. The van der Waals surface area contributed by atoms with Crippen LogP contribution in [0.3, 0.4) is 0 Å². The monoisotopic (exact) mass is 876 g/mol. The number of hydrogen-bond donors (Lipinski definition) is 1. The van der Waals surface area contributed by atoms with Crippen molar-refractivity contribution in [3.63, 3.8) is 0 Å². The van der Waals surface area contributed by atoms with Crippen molar-refractivity contribution in [2.75, 3.05) is 5.32 Å². The fourth-order valence-corrected chi connectivity index (χ4v) is 13.2. The highest BCUT2D eigenvalue weighted by molar-refractivity contribution is 6.12. The highest BCUT2D eigenvalue weighted by Gasteiger charge is 2.57. The lowest BCUT2D eigenvalue weighted by molar-refractivity contribution is 0.188. The molecule has 66 heavy (non-hydrogen) atoms. The maximum absolute atomic E-state index is 7.26. The van der Waals surface area contributed by atoms with E-state index in [-0.39, 0.29) is 33.5 Å². The summed E-state index contributed by atoms with van der Waals surface area (Å²) in [5, 5.41) is 6.64. The minimum absolute atomic E-state index is 0.0756. The van der Waals surface area contributed by atoms with Crippen molar-refractivity contribution in [1.29, 1.82) is 0 Å². The first-order chi connectivity index (χ1) is 31.3. The zero-order valence-corrected chi connectivity index (χ0v) is 42.0. The molecule has 3 aliphatic heterocycles. The molecule has 0 radical (unpaired) electrons. The van der Waals surface area contributed by atoms with Crippen LogP contribution in [-0.2, 0) is 16.4 Å². The zero-order valence-electron chi connectivity index (χ0n) is 42.0. The molecule has 1 spiro atoms. The average molecular weight is 876 g/mol. The molecular weight excluding hydrogens is 803 g/mol. The van der Waals surface area contributed by atoms with E-state index in [2.05, 4.69) is 201 Å². The second-order valence-corrected chi connectivity index (χ2v) is 24.5. The van der Waals surface area contributed by atoms with E-state index in [0.29, 0.717) is 5.92 Å². The van der Waals surface area contributed by atoms with Crippen molar-refractivity contribution in [2.45, 2.75) is 151 Å². The number of rotatable bonds is 5. The molecule has 1 N–H and O–H groups in total. The molecule has 0 saturated carbocycles. The van der Waals surface area contributed by atoms with Crippen LogP contribution in [0, 0.1) is 28.6 Å². The number of ether oxygens (including phenoxy) is 1. The van der Waals surface area contributed by atoms with Gasteiger partial charge in [0.05, 0.1) is 16.6 Å². The Morgan fingerprint density at radius 2 is 1.58 bits per heavy atom. The van der Waals surface area contributed by atoms with Crippen LogP contribution >= 0.6 is 0 Å². The third-order valence-corrected chi connectivity index (χ3v) is 17.1. The molecule has 0 amide bonds. The molecule has 0 saturated heterocycles. The number of fused-ring (bicyclic) bond motifs is 5. The fourth-order valence-electron chi connectivity index (χ4n) is 13.2. The van der Waals surface area contributed by atoms with Crippen molar-refractivity contribution in [3.8, 4) is 17.3 Å². The third kappa shape index (κ3) is 6.50. The van der Waals surface area contributed by atoms with Gasteiger partial charge >= 0.3 is 0 Å². The molecule has 0 fully saturated rings. The van der Waals surface area contributed by atoms with Crippen LogP contribution in [0.25, 0.3) is 27.6 Å². The van der Waals surface area contributed by atoms with Crippen molar-refractivity contribution in [1.82, 2.24) is 9.13 Å². The molecule has 3 aliphatic carbocycles. The van der Waals surface area contributed by atoms with Gasteiger partial charge in [-0.1, -0.05) is 154 Å². The van der Waals surface area contributed by atoms with E-state index < -0.39 is 5.54 Å². The molecule has 2 aromatic heterocycles. The lowest BCUT2D eigenvalue weighted by Crippen LogP contribution is -2.51. The van der Waals surface area contributed by atoms with Gasteiger partial charge in [0.15, 0.2) is 0 Å². The van der Waals surface area contributed by atoms with Gasteiger partial charge in [-0.05, 0) is 139 Å². The Labute approximate surface area is 395 Å². The summed E-state index contributed by atoms with van der Waals surface area (Å²) in [5.41, 5.74) is 15.9. The van der Waals surface area contributed by atoms with E-state index in [1.54, 1.807) is 11.1 Å². The molecule has 3 aromatic carbocycles. The largest absolute Gasteiger partial charge is 0.456 e. The lowest BCUT2D eigenvalue weighted by Gasteiger charge is -2.53. The highest BCUT2D eigenvalue weighted by Crippen LogP contribution is 2.64. The second kappa shape index (κ2) is 14.9. The smallest absolute Gasteiger partial charge is 0.135 e. The third-order valence-electron chi connectivity index (χ3n) is 17.1. The molecule has 5 heterocycles. The van der Waals surface area contributed by atoms with Crippen LogP contribution in [0.2, 0.25) is 0 Å². The first kappa shape index (κ1) is 43.4. The van der Waals surface area contributed by atoms with E-state index >= 15 is 0 Å². The van der Waals surface area contributed by atoms with E-state index in [1.807, 2.05) is 0 Å². The molecular formula is C62H73N3O. The van der Waals surface area contributed by atoms with Crippen molar-refractivity contribution < 1.29 is 4.74 Å². The molecule has 4 heteroatoms. The van der Waals surface area contributed by atoms with Gasteiger partial charge in [-0.2, -0.15) is 0 Å². The van der Waals surface area contributed by atoms with Crippen LogP contribution in [0.5, 0.6) is 11.5 Å². The van der Waals surface area contributed by atoms with Crippen LogP contribution < -0.4 is 10.1 Å². The summed E-state index contributed by atoms with van der Waals surface area (Å²) in [4.78, 5) is 0. The number of benzene rings is 3. The minimum Gasteiger partial charge on any atom is -0.456 e. The summed E-state index contributed by atoms with van der Waals surface area (Å²) in [7, 11) is 0. The van der Waals surface area contributed by atoms with Gasteiger partial charge in [0.2, 0.25) is 0 Å². The highest BCUT2D eigenvalue weighted by atomic mass is 16.5. The molecule has 4 nitrogen and oxygen atoms in total. The summed E-state index contributed by atoms with van der Waals surface area (Å²) in [5.74, 6) is 3.93. The van der Waals surface area contributed by atoms with Gasteiger partial charge in [0.1, 0.15) is 22.9 Å². The molecule has 11 rings (SSSR count). The summed E-state index contributed by atoms with van der Waals surface area (Å²) in [6.07, 6.45) is 29.1. The van der Waals surface area contributed by atoms with Gasteiger partial charge in [0, 0.05) is 45.8 Å². The normalized spacial score (nSPS) is 24.7. The van der Waals surface area contributed by atoms with Crippen molar-refractivity contribution in [2.24, 2.45) is 28.6 Å². The van der Waals surface area contributed by atoms with Gasteiger partial charge in [-0.15, -0.1) is 0 Å². The first-order valence-corrected chi connectivity index (χ1v) is 25.4. The van der Waals surface area contributed by atoms with Gasteiger partial charge < -0.3 is 14.6 Å². The molecule has 6 aliphatic rings. The topological polar surface area (TPSA) is 31.1 Å². The standard InChI is InChI=1S/C62H73N3O/c1-38-47(32-39-30-41(40-20-15-13-16-21-40)33-44(31-39)58(2,3)4)49(60(8,9)10)36-63-50-24-19-25-52-55(50)62(38)56-53(66-52)29-27-46-48-34-43(61(11,12)42-22-17-14-18-23-42)26-28-51(48)65(57(46)56)54-35-45(37-64(54)62)59(5,6)7/h14,17,19-20,22,24-31,34-38,41,47,63H,13,15-16,18,21,23,32-33H2,1-12H3/b49-36+. The van der Waals surface area contributed by atoms with E-state index in [0.717, 1.165) is 42.9 Å². The quantitative estimate of drug-likeness (QED) is 0.178. The van der Waals surface area contributed by atoms with Crippen LogP contribution in [0.15, 0.2) is 131 Å². The number of nitrogens with one attached hydrogen (secondary N) is 1. The van der Waals surface area contributed by atoms with Crippen LogP contribution in [0.1, 0.15) is 157 Å². The number of hydrogen-bond acceptors (Lipinski definition) is 2. The Hall–Kier alpha value is -5.22. The number of aromatic nitrogens is 2. The van der Waals surface area contributed by atoms with E-state index in [9.17, 15) is 0 Å². The second-order valence-electron chi connectivity index (χ2n) is 24.5. The van der Waals surface area contributed by atoms with Crippen LogP contribution in [-0.4, -0.2) is 9.13 Å². The molecule has 4 unspecified atom stereocenters. The SMILES string of the molecule is CC1C(CC2=CC(C3=CCCCC3)CC(C(C)(C)C)=C2)/C(C(C)(C)C)=C\Nc2cccc3c2C12c1c(ccc4c5cc(C(C)(C)C6=CC=CCC6)ccc5n(c14)-c1cc(C(C)(C)C)cn12)O3. The minimum atomic E-state index is -0.608. The summed E-state index contributed by atoms with van der Waals surface area (Å²) >= 11 is 0. The fraction of sp³-hybridized carbons (Fsp3) is 0.452. The maximum atomic E-state index is 7.26. The van der Waals surface area contributed by atoms with Crippen molar-refractivity contribution >= 4 is 27.5 Å². The van der Waals surface area contributed by atoms with E-state index in [1.165, 1.54) is 92.3 Å². The molecule has 342 valence electrons. The number of allylic oxidation sites excluding steroid dienone is 11. The Bertz CT molecular complexity index is 3030. The number of nitrogens with zero attached hydrogens (tertiary/aromatic N) is 2. The van der Waals surface area contributed by atoms with Gasteiger partial charge in [0.25, 0.3) is 0 Å².